The third kappa shape index (κ3) is 5.90. The van der Waals surface area contributed by atoms with E-state index in [0.717, 1.165) is 24.2 Å². The van der Waals surface area contributed by atoms with Crippen LogP contribution in [0.3, 0.4) is 0 Å². The second-order valence-electron chi connectivity index (χ2n) is 6.12. The number of esters is 1. The van der Waals surface area contributed by atoms with Crippen molar-refractivity contribution in [2.24, 2.45) is 5.92 Å². The molecule has 1 aliphatic rings. The highest BCUT2D eigenvalue weighted by molar-refractivity contribution is 8.00. The number of carbonyl (C=O) groups is 2. The molecular formula is C18H25NO3S. The monoisotopic (exact) mass is 335 g/mol. The molecule has 1 aliphatic carbocycles. The van der Waals surface area contributed by atoms with Crippen molar-refractivity contribution in [3.63, 3.8) is 0 Å². The summed E-state index contributed by atoms with van der Waals surface area (Å²) in [4.78, 5) is 24.9. The predicted molar refractivity (Wildman–Crippen MR) is 92.3 cm³/mol. The summed E-state index contributed by atoms with van der Waals surface area (Å²) in [5.74, 6) is -0.0596. The maximum absolute atomic E-state index is 12.0. The molecule has 0 bridgehead atoms. The minimum Gasteiger partial charge on any atom is -0.455 e. The Morgan fingerprint density at radius 2 is 1.96 bits per heavy atom. The molecule has 2 rings (SSSR count). The van der Waals surface area contributed by atoms with Crippen LogP contribution in [-0.2, 0) is 14.3 Å². The molecule has 0 saturated heterocycles. The van der Waals surface area contributed by atoms with Gasteiger partial charge in [-0.05, 0) is 37.8 Å². The molecule has 0 aromatic heterocycles. The standard InChI is InChI=1S/C18H25NO3S/c1-13-8-6-7-11-16(13)19-17(20)12-22-18(21)14(2)23-15-9-4-3-5-10-15/h3-5,9-10,13-14,16H,6-8,11-12H2,1-2H3,(H,19,20)/t13-,14+,16+/m0/s1. The number of nitrogens with one attached hydrogen (secondary N) is 1. The number of thioether (sulfide) groups is 1. The molecular weight excluding hydrogens is 310 g/mol. The van der Waals surface area contributed by atoms with Gasteiger partial charge in [-0.15, -0.1) is 11.8 Å². The SMILES string of the molecule is C[C@@H](Sc1ccccc1)C(=O)OCC(=O)N[C@@H]1CCCC[C@@H]1C. The quantitative estimate of drug-likeness (QED) is 0.639. The topological polar surface area (TPSA) is 55.4 Å². The second kappa shape index (κ2) is 8.96. The molecule has 3 atom stereocenters. The Labute approximate surface area is 142 Å². The van der Waals surface area contributed by atoms with Crippen LogP contribution >= 0.6 is 11.8 Å². The molecule has 1 saturated carbocycles. The zero-order valence-corrected chi connectivity index (χ0v) is 14.6. The first-order valence-electron chi connectivity index (χ1n) is 8.24. The van der Waals surface area contributed by atoms with Crippen molar-refractivity contribution in [1.82, 2.24) is 5.32 Å². The first-order valence-corrected chi connectivity index (χ1v) is 9.12. The molecule has 1 amide bonds. The van der Waals surface area contributed by atoms with Crippen LogP contribution in [0.2, 0.25) is 0 Å². The minimum absolute atomic E-state index is 0.193. The Hall–Kier alpha value is -1.49. The Morgan fingerprint density at radius 3 is 2.65 bits per heavy atom. The van der Waals surface area contributed by atoms with E-state index in [1.807, 2.05) is 30.3 Å². The summed E-state index contributed by atoms with van der Waals surface area (Å²) in [5, 5.41) is 2.66. The van der Waals surface area contributed by atoms with E-state index < -0.39 is 0 Å². The van der Waals surface area contributed by atoms with Crippen LogP contribution in [0.4, 0.5) is 0 Å². The fourth-order valence-corrected chi connectivity index (χ4v) is 3.67. The van der Waals surface area contributed by atoms with Gasteiger partial charge in [0.1, 0.15) is 5.25 Å². The van der Waals surface area contributed by atoms with Gasteiger partial charge < -0.3 is 10.1 Å². The van der Waals surface area contributed by atoms with Crippen LogP contribution in [0.5, 0.6) is 0 Å². The lowest BCUT2D eigenvalue weighted by Gasteiger charge is -2.29. The van der Waals surface area contributed by atoms with Crippen molar-refractivity contribution in [2.45, 2.75) is 55.7 Å². The summed E-state index contributed by atoms with van der Waals surface area (Å²) in [5.41, 5.74) is 0. The second-order valence-corrected chi connectivity index (χ2v) is 7.53. The highest BCUT2D eigenvalue weighted by Crippen LogP contribution is 2.24. The third-order valence-corrected chi connectivity index (χ3v) is 5.28. The van der Waals surface area contributed by atoms with Gasteiger partial charge in [-0.25, -0.2) is 0 Å². The van der Waals surface area contributed by atoms with Gasteiger partial charge in [0, 0.05) is 10.9 Å². The number of ether oxygens (including phenoxy) is 1. The molecule has 1 N–H and O–H groups in total. The zero-order valence-electron chi connectivity index (χ0n) is 13.8. The molecule has 1 fully saturated rings. The normalized spacial score (nSPS) is 22.2. The van der Waals surface area contributed by atoms with Crippen LogP contribution in [0, 0.1) is 5.92 Å². The number of benzene rings is 1. The average molecular weight is 335 g/mol. The van der Waals surface area contributed by atoms with Crippen molar-refractivity contribution in [3.05, 3.63) is 30.3 Å². The van der Waals surface area contributed by atoms with Crippen LogP contribution in [0.25, 0.3) is 0 Å². The summed E-state index contributed by atoms with van der Waals surface area (Å²) < 4.78 is 5.14. The molecule has 1 aromatic rings. The molecule has 23 heavy (non-hydrogen) atoms. The Bertz CT molecular complexity index is 520. The van der Waals surface area contributed by atoms with Crippen molar-refractivity contribution in [3.8, 4) is 0 Å². The molecule has 0 unspecified atom stereocenters. The highest BCUT2D eigenvalue weighted by Gasteiger charge is 2.23. The van der Waals surface area contributed by atoms with Gasteiger partial charge >= 0.3 is 5.97 Å². The van der Waals surface area contributed by atoms with Gasteiger partial charge in [-0.3, -0.25) is 9.59 Å². The molecule has 0 spiro atoms. The van der Waals surface area contributed by atoms with Crippen molar-refractivity contribution < 1.29 is 14.3 Å². The maximum atomic E-state index is 12.0. The number of amides is 1. The smallest absolute Gasteiger partial charge is 0.319 e. The van der Waals surface area contributed by atoms with Gasteiger partial charge in [0.25, 0.3) is 5.91 Å². The summed E-state index contributed by atoms with van der Waals surface area (Å²) in [6.45, 7) is 3.76. The molecule has 126 valence electrons. The summed E-state index contributed by atoms with van der Waals surface area (Å²) in [6.07, 6.45) is 4.55. The largest absolute Gasteiger partial charge is 0.455 e. The molecule has 5 heteroatoms. The van der Waals surface area contributed by atoms with Crippen molar-refractivity contribution >= 4 is 23.6 Å². The Morgan fingerprint density at radius 1 is 1.26 bits per heavy atom. The number of hydrogen-bond acceptors (Lipinski definition) is 4. The van der Waals surface area contributed by atoms with E-state index in [9.17, 15) is 9.59 Å². The van der Waals surface area contributed by atoms with Crippen LogP contribution in [0.1, 0.15) is 39.5 Å². The van der Waals surface area contributed by atoms with E-state index in [4.69, 9.17) is 4.74 Å². The van der Waals surface area contributed by atoms with Crippen molar-refractivity contribution in [2.75, 3.05) is 6.61 Å². The fourth-order valence-electron chi connectivity index (χ4n) is 2.78. The van der Waals surface area contributed by atoms with Crippen LogP contribution < -0.4 is 5.32 Å². The Kier molecular flexibility index (Phi) is 6.96. The number of carbonyl (C=O) groups excluding carboxylic acids is 2. The van der Waals surface area contributed by atoms with Gasteiger partial charge in [-0.1, -0.05) is 38.0 Å². The lowest BCUT2D eigenvalue weighted by molar-refractivity contribution is -0.148. The fraction of sp³-hybridized carbons (Fsp3) is 0.556. The molecule has 0 radical (unpaired) electrons. The van der Waals surface area contributed by atoms with Crippen molar-refractivity contribution in [1.29, 1.82) is 0 Å². The van der Waals surface area contributed by atoms with Gasteiger partial charge in [0.15, 0.2) is 6.61 Å². The molecule has 4 nitrogen and oxygen atoms in total. The average Bonchev–Trinajstić information content (AvgIpc) is 2.55. The maximum Gasteiger partial charge on any atom is 0.319 e. The lowest BCUT2D eigenvalue weighted by Crippen LogP contribution is -2.43. The molecule has 0 aliphatic heterocycles. The number of hydrogen-bond donors (Lipinski definition) is 1. The summed E-state index contributed by atoms with van der Waals surface area (Å²) >= 11 is 1.43. The van der Waals surface area contributed by atoms with Gasteiger partial charge in [0.2, 0.25) is 0 Å². The first-order chi connectivity index (χ1) is 11.1. The van der Waals surface area contributed by atoms with E-state index in [1.54, 1.807) is 6.92 Å². The number of rotatable bonds is 6. The minimum atomic E-state index is -0.356. The third-order valence-electron chi connectivity index (χ3n) is 4.19. The zero-order chi connectivity index (χ0) is 16.7. The van der Waals surface area contributed by atoms with Crippen LogP contribution in [-0.4, -0.2) is 29.8 Å². The lowest BCUT2D eigenvalue weighted by atomic mass is 9.86. The van der Waals surface area contributed by atoms with Gasteiger partial charge in [-0.2, -0.15) is 0 Å². The van der Waals surface area contributed by atoms with Gasteiger partial charge in [0.05, 0.1) is 0 Å². The van der Waals surface area contributed by atoms with E-state index >= 15 is 0 Å². The summed E-state index contributed by atoms with van der Waals surface area (Å²) in [7, 11) is 0. The van der Waals surface area contributed by atoms with E-state index in [0.29, 0.717) is 5.92 Å². The van der Waals surface area contributed by atoms with Crippen LogP contribution in [0.15, 0.2) is 35.2 Å². The van der Waals surface area contributed by atoms with E-state index in [-0.39, 0.29) is 29.8 Å². The highest BCUT2D eigenvalue weighted by atomic mass is 32.2. The van der Waals surface area contributed by atoms with E-state index in [1.165, 1.54) is 18.2 Å². The summed E-state index contributed by atoms with van der Waals surface area (Å²) in [6, 6.07) is 9.91. The molecule has 1 aromatic carbocycles. The first kappa shape index (κ1) is 17.9. The Balaban J connectivity index is 1.71. The van der Waals surface area contributed by atoms with E-state index in [2.05, 4.69) is 12.2 Å². The molecule has 0 heterocycles. The predicted octanol–water partition coefficient (Wildman–Crippen LogP) is 3.41.